The van der Waals surface area contributed by atoms with Crippen molar-refractivity contribution >= 4 is 17.6 Å². The van der Waals surface area contributed by atoms with Gasteiger partial charge in [0.25, 0.3) is 0 Å². The standard InChI is InChI=1S/C15H22N4O2/c1-21-15(20)11-4-5-12(6-11)19-14-7-13(17-9-18-14)16-8-10-2-3-10/h7,9-12H,2-6,8H2,1H3,(H2,16,17,18,19)/t11-,12+/m0/s1. The van der Waals surface area contributed by atoms with Crippen LogP contribution in [0.1, 0.15) is 32.1 Å². The first kappa shape index (κ1) is 14.1. The zero-order chi connectivity index (χ0) is 14.7. The monoisotopic (exact) mass is 290 g/mol. The Morgan fingerprint density at radius 3 is 2.86 bits per heavy atom. The van der Waals surface area contributed by atoms with Crippen molar-refractivity contribution in [2.75, 3.05) is 24.3 Å². The molecule has 0 saturated heterocycles. The van der Waals surface area contributed by atoms with Crippen molar-refractivity contribution in [3.63, 3.8) is 0 Å². The summed E-state index contributed by atoms with van der Waals surface area (Å²) >= 11 is 0. The molecule has 0 radical (unpaired) electrons. The Hall–Kier alpha value is -1.85. The number of ether oxygens (including phenoxy) is 1. The molecule has 2 atom stereocenters. The van der Waals surface area contributed by atoms with Gasteiger partial charge in [-0.05, 0) is 38.0 Å². The largest absolute Gasteiger partial charge is 0.469 e. The lowest BCUT2D eigenvalue weighted by atomic mass is 10.1. The number of rotatable bonds is 6. The van der Waals surface area contributed by atoms with Gasteiger partial charge in [0.05, 0.1) is 13.0 Å². The van der Waals surface area contributed by atoms with Gasteiger partial charge in [0.15, 0.2) is 0 Å². The summed E-state index contributed by atoms with van der Waals surface area (Å²) in [5.41, 5.74) is 0. The molecular weight excluding hydrogens is 268 g/mol. The molecule has 2 N–H and O–H groups in total. The summed E-state index contributed by atoms with van der Waals surface area (Å²) in [4.78, 5) is 20.0. The Labute approximate surface area is 124 Å². The third-order valence-corrected chi connectivity index (χ3v) is 4.26. The van der Waals surface area contributed by atoms with E-state index in [0.717, 1.165) is 43.4 Å². The molecule has 0 unspecified atom stereocenters. The number of aromatic nitrogens is 2. The maximum atomic E-state index is 11.5. The first-order valence-electron chi connectivity index (χ1n) is 7.65. The maximum Gasteiger partial charge on any atom is 0.308 e. The zero-order valence-electron chi connectivity index (χ0n) is 12.3. The summed E-state index contributed by atoms with van der Waals surface area (Å²) in [7, 11) is 1.45. The molecule has 1 aromatic heterocycles. The van der Waals surface area contributed by atoms with Gasteiger partial charge in [-0.1, -0.05) is 0 Å². The number of nitrogens with zero attached hydrogens (tertiary/aromatic N) is 2. The topological polar surface area (TPSA) is 76.1 Å². The Morgan fingerprint density at radius 1 is 1.29 bits per heavy atom. The maximum absolute atomic E-state index is 11.5. The SMILES string of the molecule is COC(=O)[C@H]1CC[C@@H](Nc2cc(NCC3CC3)ncn2)C1. The van der Waals surface area contributed by atoms with Gasteiger partial charge in [-0.25, -0.2) is 9.97 Å². The van der Waals surface area contributed by atoms with E-state index in [1.54, 1.807) is 6.33 Å². The number of anilines is 2. The van der Waals surface area contributed by atoms with Crippen LogP contribution >= 0.6 is 0 Å². The molecule has 2 fully saturated rings. The van der Waals surface area contributed by atoms with Crippen molar-refractivity contribution < 1.29 is 9.53 Å². The summed E-state index contributed by atoms with van der Waals surface area (Å²) in [6.07, 6.45) is 6.86. The van der Waals surface area contributed by atoms with Gasteiger partial charge in [-0.15, -0.1) is 0 Å². The second kappa shape index (κ2) is 6.28. The van der Waals surface area contributed by atoms with Crippen LogP contribution in [-0.2, 0) is 9.53 Å². The minimum Gasteiger partial charge on any atom is -0.469 e. The van der Waals surface area contributed by atoms with Crippen LogP contribution in [0.25, 0.3) is 0 Å². The van der Waals surface area contributed by atoms with Gasteiger partial charge >= 0.3 is 5.97 Å². The molecule has 0 aliphatic heterocycles. The predicted octanol–water partition coefficient (Wildman–Crippen LogP) is 2.05. The Morgan fingerprint density at radius 2 is 2.10 bits per heavy atom. The first-order valence-corrected chi connectivity index (χ1v) is 7.65. The molecule has 1 aromatic rings. The number of esters is 1. The normalized spacial score (nSPS) is 24.6. The molecule has 0 aromatic carbocycles. The van der Waals surface area contributed by atoms with E-state index < -0.39 is 0 Å². The van der Waals surface area contributed by atoms with Crippen LogP contribution in [0.15, 0.2) is 12.4 Å². The zero-order valence-corrected chi connectivity index (χ0v) is 12.3. The lowest BCUT2D eigenvalue weighted by Crippen LogP contribution is -2.19. The number of hydrogen-bond acceptors (Lipinski definition) is 6. The van der Waals surface area contributed by atoms with Crippen LogP contribution in [0.4, 0.5) is 11.6 Å². The lowest BCUT2D eigenvalue weighted by molar-refractivity contribution is -0.145. The van der Waals surface area contributed by atoms with Crippen LogP contribution < -0.4 is 10.6 Å². The predicted molar refractivity (Wildman–Crippen MR) is 80.0 cm³/mol. The fraction of sp³-hybridized carbons (Fsp3) is 0.667. The third-order valence-electron chi connectivity index (χ3n) is 4.26. The van der Waals surface area contributed by atoms with Gasteiger partial charge < -0.3 is 15.4 Å². The van der Waals surface area contributed by atoms with Crippen molar-refractivity contribution in [2.45, 2.75) is 38.1 Å². The fourth-order valence-corrected chi connectivity index (χ4v) is 2.81. The molecule has 6 nitrogen and oxygen atoms in total. The van der Waals surface area contributed by atoms with E-state index in [0.29, 0.717) is 0 Å². The van der Waals surface area contributed by atoms with E-state index in [2.05, 4.69) is 20.6 Å². The minimum atomic E-state index is -0.103. The Kier molecular flexibility index (Phi) is 4.22. The first-order chi connectivity index (χ1) is 10.2. The highest BCUT2D eigenvalue weighted by Crippen LogP contribution is 2.30. The summed E-state index contributed by atoms with van der Waals surface area (Å²) < 4.78 is 4.81. The van der Waals surface area contributed by atoms with Crippen molar-refractivity contribution in [1.82, 2.24) is 9.97 Å². The molecule has 0 amide bonds. The molecule has 21 heavy (non-hydrogen) atoms. The molecular formula is C15H22N4O2. The van der Waals surface area contributed by atoms with E-state index in [9.17, 15) is 4.79 Å². The van der Waals surface area contributed by atoms with Crippen molar-refractivity contribution in [1.29, 1.82) is 0 Å². The van der Waals surface area contributed by atoms with E-state index in [1.165, 1.54) is 20.0 Å². The molecule has 2 saturated carbocycles. The van der Waals surface area contributed by atoms with Gasteiger partial charge in [-0.2, -0.15) is 0 Å². The van der Waals surface area contributed by atoms with Gasteiger partial charge in [0.2, 0.25) is 0 Å². The molecule has 2 aliphatic rings. The molecule has 0 bridgehead atoms. The van der Waals surface area contributed by atoms with E-state index in [-0.39, 0.29) is 17.9 Å². The summed E-state index contributed by atoms with van der Waals surface area (Å²) in [6.45, 7) is 0.990. The second-order valence-electron chi connectivity index (χ2n) is 5.99. The molecule has 114 valence electrons. The number of carbonyl (C=O) groups is 1. The highest BCUT2D eigenvalue weighted by atomic mass is 16.5. The Bertz CT molecular complexity index is 504. The number of carbonyl (C=O) groups excluding carboxylic acids is 1. The average molecular weight is 290 g/mol. The lowest BCUT2D eigenvalue weighted by Gasteiger charge is -2.14. The van der Waals surface area contributed by atoms with Crippen molar-refractivity contribution in [3.8, 4) is 0 Å². The smallest absolute Gasteiger partial charge is 0.308 e. The highest BCUT2D eigenvalue weighted by molar-refractivity contribution is 5.72. The number of methoxy groups -OCH3 is 1. The second-order valence-corrected chi connectivity index (χ2v) is 5.99. The van der Waals surface area contributed by atoms with Crippen molar-refractivity contribution in [3.05, 3.63) is 12.4 Å². The minimum absolute atomic E-state index is 0.0156. The fourth-order valence-electron chi connectivity index (χ4n) is 2.81. The van der Waals surface area contributed by atoms with Crippen LogP contribution in [0, 0.1) is 11.8 Å². The molecule has 1 heterocycles. The van der Waals surface area contributed by atoms with Crippen LogP contribution in [0.2, 0.25) is 0 Å². The summed E-state index contributed by atoms with van der Waals surface area (Å²) in [5.74, 6) is 2.41. The van der Waals surface area contributed by atoms with E-state index in [1.807, 2.05) is 6.07 Å². The molecule has 0 spiro atoms. The quantitative estimate of drug-likeness (QED) is 0.781. The van der Waals surface area contributed by atoms with Gasteiger partial charge in [0, 0.05) is 18.7 Å². The van der Waals surface area contributed by atoms with Crippen LogP contribution in [0.3, 0.4) is 0 Å². The average Bonchev–Trinajstić information content (AvgIpc) is 3.23. The molecule has 2 aliphatic carbocycles. The van der Waals surface area contributed by atoms with Crippen LogP contribution in [-0.4, -0.2) is 35.6 Å². The summed E-state index contributed by atoms with van der Waals surface area (Å²) in [6, 6.07) is 2.22. The van der Waals surface area contributed by atoms with Crippen LogP contribution in [0.5, 0.6) is 0 Å². The van der Waals surface area contributed by atoms with Crippen molar-refractivity contribution in [2.24, 2.45) is 11.8 Å². The van der Waals surface area contributed by atoms with E-state index >= 15 is 0 Å². The summed E-state index contributed by atoms with van der Waals surface area (Å²) in [5, 5.41) is 6.74. The molecule has 6 heteroatoms. The number of nitrogens with one attached hydrogen (secondary N) is 2. The van der Waals surface area contributed by atoms with Gasteiger partial charge in [-0.3, -0.25) is 4.79 Å². The van der Waals surface area contributed by atoms with E-state index in [4.69, 9.17) is 4.74 Å². The highest BCUT2D eigenvalue weighted by Gasteiger charge is 2.30. The third kappa shape index (κ3) is 3.83. The van der Waals surface area contributed by atoms with Gasteiger partial charge in [0.1, 0.15) is 18.0 Å². The molecule has 3 rings (SSSR count). The number of hydrogen-bond donors (Lipinski definition) is 2. The Balaban J connectivity index is 1.52.